The molecule has 6 heteroatoms. The first-order chi connectivity index (χ1) is 10.5. The van der Waals surface area contributed by atoms with Crippen LogP contribution in [0.5, 0.6) is 0 Å². The van der Waals surface area contributed by atoms with Gasteiger partial charge in [-0.15, -0.1) is 0 Å². The molecule has 3 rings (SSSR count). The van der Waals surface area contributed by atoms with Gasteiger partial charge < -0.3 is 9.88 Å². The van der Waals surface area contributed by atoms with Gasteiger partial charge in [0, 0.05) is 36.6 Å². The first kappa shape index (κ1) is 14.2. The third-order valence-corrected chi connectivity index (χ3v) is 3.41. The van der Waals surface area contributed by atoms with Crippen molar-refractivity contribution in [3.8, 4) is 0 Å². The lowest BCUT2D eigenvalue weighted by Crippen LogP contribution is -2.02. The first-order valence-corrected chi connectivity index (χ1v) is 6.64. The van der Waals surface area contributed by atoms with Gasteiger partial charge in [-0.05, 0) is 25.1 Å². The molecule has 112 valence electrons. The van der Waals surface area contributed by atoms with Crippen LogP contribution in [0.1, 0.15) is 17.3 Å². The van der Waals surface area contributed by atoms with Crippen LogP contribution in [0, 0.1) is 11.6 Å². The van der Waals surface area contributed by atoms with Crippen LogP contribution >= 0.6 is 0 Å². The normalized spacial score (nSPS) is 10.9. The largest absolute Gasteiger partial charge is 0.350 e. The number of hydrogen-bond acceptors (Lipinski definition) is 3. The predicted octanol–water partition coefficient (Wildman–Crippen LogP) is 3.80. The second kappa shape index (κ2) is 5.22. The third kappa shape index (κ3) is 2.43. The average molecular weight is 301 g/mol. The van der Waals surface area contributed by atoms with Gasteiger partial charge in [-0.1, -0.05) is 0 Å². The van der Waals surface area contributed by atoms with E-state index >= 15 is 0 Å². The quantitative estimate of drug-likeness (QED) is 0.749. The van der Waals surface area contributed by atoms with Crippen LogP contribution in [0.3, 0.4) is 0 Å². The molecule has 0 atom stereocenters. The molecule has 0 saturated carbocycles. The van der Waals surface area contributed by atoms with E-state index < -0.39 is 11.6 Å². The van der Waals surface area contributed by atoms with Gasteiger partial charge in [-0.2, -0.15) is 0 Å². The summed E-state index contributed by atoms with van der Waals surface area (Å²) in [7, 11) is 1.82. The predicted molar refractivity (Wildman–Crippen MR) is 80.4 cm³/mol. The summed E-state index contributed by atoms with van der Waals surface area (Å²) in [6.45, 7) is 1.47. The van der Waals surface area contributed by atoms with E-state index in [9.17, 15) is 13.6 Å². The van der Waals surface area contributed by atoms with Gasteiger partial charge in [0.25, 0.3) is 0 Å². The summed E-state index contributed by atoms with van der Waals surface area (Å²) >= 11 is 0. The van der Waals surface area contributed by atoms with Crippen LogP contribution in [0.25, 0.3) is 10.9 Å². The van der Waals surface area contributed by atoms with Crippen molar-refractivity contribution < 1.29 is 13.6 Å². The monoisotopic (exact) mass is 301 g/mol. The molecule has 0 fully saturated rings. The Labute approximate surface area is 125 Å². The lowest BCUT2D eigenvalue weighted by molar-refractivity contribution is 0.101. The van der Waals surface area contributed by atoms with Gasteiger partial charge in [-0.25, -0.2) is 13.8 Å². The smallest absolute Gasteiger partial charge is 0.163 e. The van der Waals surface area contributed by atoms with Crippen molar-refractivity contribution in [2.45, 2.75) is 6.92 Å². The number of carbonyl (C=O) groups excluding carboxylic acids is 1. The molecule has 2 heterocycles. The molecule has 2 aromatic heterocycles. The lowest BCUT2D eigenvalue weighted by Gasteiger charge is -2.10. The van der Waals surface area contributed by atoms with Crippen molar-refractivity contribution in [1.29, 1.82) is 0 Å². The van der Waals surface area contributed by atoms with Crippen LogP contribution in [-0.2, 0) is 7.05 Å². The Balaban J connectivity index is 2.12. The highest BCUT2D eigenvalue weighted by atomic mass is 19.1. The Kier molecular flexibility index (Phi) is 3.36. The van der Waals surface area contributed by atoms with E-state index in [1.807, 2.05) is 11.6 Å². The summed E-state index contributed by atoms with van der Waals surface area (Å²) in [5.74, 6) is -1.01. The maximum atomic E-state index is 13.3. The maximum absolute atomic E-state index is 13.3. The molecule has 0 aliphatic heterocycles. The Bertz CT molecular complexity index is 866. The molecule has 1 N–H and O–H groups in total. The van der Waals surface area contributed by atoms with Crippen molar-refractivity contribution in [2.24, 2.45) is 7.05 Å². The molecular formula is C16H13F2N3O. The second-order valence-electron chi connectivity index (χ2n) is 5.05. The molecule has 0 spiro atoms. The highest BCUT2D eigenvalue weighted by molar-refractivity contribution is 6.08. The highest BCUT2D eigenvalue weighted by Crippen LogP contribution is 2.28. The number of aryl methyl sites for hydroxylation is 1. The molecule has 0 aliphatic rings. The number of fused-ring (bicyclic) bond motifs is 1. The van der Waals surface area contributed by atoms with Gasteiger partial charge in [0.1, 0.15) is 17.5 Å². The number of carbonyl (C=O) groups is 1. The van der Waals surface area contributed by atoms with Gasteiger partial charge in [0.2, 0.25) is 0 Å². The summed E-state index contributed by atoms with van der Waals surface area (Å²) in [5.41, 5.74) is 1.48. The van der Waals surface area contributed by atoms with E-state index in [-0.39, 0.29) is 11.5 Å². The van der Waals surface area contributed by atoms with E-state index in [2.05, 4.69) is 10.3 Å². The zero-order chi connectivity index (χ0) is 15.9. The van der Waals surface area contributed by atoms with Crippen molar-refractivity contribution in [3.63, 3.8) is 0 Å². The van der Waals surface area contributed by atoms with E-state index in [0.717, 1.165) is 11.6 Å². The molecule has 0 amide bonds. The fourth-order valence-electron chi connectivity index (χ4n) is 2.44. The molecule has 3 aromatic rings. The minimum atomic E-state index is -0.674. The number of Topliss-reactive ketones (excluding diaryl/α,β-unsaturated/α-hetero) is 1. The second-order valence-corrected chi connectivity index (χ2v) is 5.05. The molecule has 1 aromatic carbocycles. The van der Waals surface area contributed by atoms with Crippen molar-refractivity contribution in [2.75, 3.05) is 5.32 Å². The molecule has 0 aliphatic carbocycles. The molecule has 0 unspecified atom stereocenters. The van der Waals surface area contributed by atoms with Crippen LogP contribution in [0.4, 0.5) is 20.3 Å². The summed E-state index contributed by atoms with van der Waals surface area (Å²) in [4.78, 5) is 15.9. The van der Waals surface area contributed by atoms with E-state index in [1.165, 1.54) is 25.3 Å². The standard InChI is InChI=1S/C16H13F2N3O/c1-9(22)14-8-19-16(13-3-4-21(2)15(13)14)20-12-6-10(17)5-11(18)7-12/h3-8H,1-2H3,(H,19,20). The van der Waals surface area contributed by atoms with E-state index in [0.29, 0.717) is 16.8 Å². The summed E-state index contributed by atoms with van der Waals surface area (Å²) in [6.07, 6.45) is 3.26. The van der Waals surface area contributed by atoms with Crippen molar-refractivity contribution in [1.82, 2.24) is 9.55 Å². The molecule has 0 radical (unpaired) electrons. The van der Waals surface area contributed by atoms with Crippen molar-refractivity contribution >= 4 is 28.2 Å². The summed E-state index contributed by atoms with van der Waals surface area (Å²) in [5, 5.41) is 3.60. The van der Waals surface area contributed by atoms with Crippen LogP contribution in [-0.4, -0.2) is 15.3 Å². The molecule has 4 nitrogen and oxygen atoms in total. The third-order valence-electron chi connectivity index (χ3n) is 3.41. The van der Waals surface area contributed by atoms with Crippen LogP contribution < -0.4 is 5.32 Å². The number of anilines is 2. The fourth-order valence-corrected chi connectivity index (χ4v) is 2.44. The number of pyridine rings is 1. The number of hydrogen-bond donors (Lipinski definition) is 1. The zero-order valence-electron chi connectivity index (χ0n) is 12.0. The first-order valence-electron chi connectivity index (χ1n) is 6.64. The molecular weight excluding hydrogens is 288 g/mol. The van der Waals surface area contributed by atoms with E-state index in [1.54, 1.807) is 12.3 Å². The minimum Gasteiger partial charge on any atom is -0.350 e. The number of benzene rings is 1. The van der Waals surface area contributed by atoms with Gasteiger partial charge in [0.15, 0.2) is 5.78 Å². The van der Waals surface area contributed by atoms with Crippen molar-refractivity contribution in [3.05, 3.63) is 53.9 Å². The number of aromatic nitrogens is 2. The Morgan fingerprint density at radius 3 is 2.55 bits per heavy atom. The number of nitrogens with one attached hydrogen (secondary N) is 1. The minimum absolute atomic E-state index is 0.0948. The summed E-state index contributed by atoms with van der Waals surface area (Å²) < 4.78 is 28.3. The van der Waals surface area contributed by atoms with Gasteiger partial charge in [0.05, 0.1) is 11.1 Å². The average Bonchev–Trinajstić information content (AvgIpc) is 2.80. The highest BCUT2D eigenvalue weighted by Gasteiger charge is 2.14. The fraction of sp³-hybridized carbons (Fsp3) is 0.125. The summed E-state index contributed by atoms with van der Waals surface area (Å²) in [6, 6.07) is 4.96. The maximum Gasteiger partial charge on any atom is 0.163 e. The Morgan fingerprint density at radius 1 is 1.23 bits per heavy atom. The zero-order valence-corrected chi connectivity index (χ0v) is 12.0. The van der Waals surface area contributed by atoms with Crippen LogP contribution in [0.15, 0.2) is 36.7 Å². The van der Waals surface area contributed by atoms with Crippen LogP contribution in [0.2, 0.25) is 0 Å². The number of halogens is 2. The lowest BCUT2D eigenvalue weighted by atomic mass is 10.1. The number of ketones is 1. The molecule has 22 heavy (non-hydrogen) atoms. The Morgan fingerprint density at radius 2 is 1.91 bits per heavy atom. The van der Waals surface area contributed by atoms with E-state index in [4.69, 9.17) is 0 Å². The topological polar surface area (TPSA) is 46.9 Å². The molecule has 0 saturated heterocycles. The number of nitrogens with zero attached hydrogens (tertiary/aromatic N) is 2. The van der Waals surface area contributed by atoms with Gasteiger partial charge in [-0.3, -0.25) is 4.79 Å². The SMILES string of the molecule is CC(=O)c1cnc(Nc2cc(F)cc(F)c2)c2ccn(C)c12. The molecule has 0 bridgehead atoms. The van der Waals surface area contributed by atoms with Gasteiger partial charge >= 0.3 is 0 Å². The Hall–Kier alpha value is -2.76. The number of rotatable bonds is 3.